The zero-order chi connectivity index (χ0) is 78.7. The normalized spacial score (nSPS) is 20.2. The Morgan fingerprint density at radius 1 is 0.368 bits per heavy atom. The Morgan fingerprint density at radius 2 is 0.719 bits per heavy atom. The number of para-hydroxylation sites is 6. The summed E-state index contributed by atoms with van der Waals surface area (Å²) in [5.41, 5.74) is 33.6. The third-order valence-corrected chi connectivity index (χ3v) is 32.1. The van der Waals surface area contributed by atoms with E-state index in [-0.39, 0.29) is 53.6 Å². The van der Waals surface area contributed by atoms with Gasteiger partial charge in [-0.1, -0.05) is 307 Å². The van der Waals surface area contributed by atoms with Crippen molar-refractivity contribution in [3.05, 3.63) is 294 Å². The van der Waals surface area contributed by atoms with Crippen molar-refractivity contribution in [1.82, 2.24) is 0 Å². The number of hydrogen-bond donors (Lipinski definition) is 1. The smallest absolute Gasteiger partial charge is 0.252 e. The SMILES string of the molecule is C.CC(C)(C)c1ccc(Nc2ccc(C(C)(C)C)cc2)cc1.CC12CCCCC1(C)N1c3cc(Cl)cc4c3B(c3ccccc3N4c3ccccc3)c3cccc2c31.CC12CCCCC1(C)N1c3cc(N(c4ccc([Si](C)(C)C)cc4)c4ccc([Si](C)(C)C)cc4)cc4c3B(c3ccccc3N4c3ccccc3)c3cccc2c31. The number of nitrogens with one attached hydrogen (secondary N) is 1. The summed E-state index contributed by atoms with van der Waals surface area (Å²) >= 11 is 6.98. The number of anilines is 15. The van der Waals surface area contributed by atoms with E-state index in [1.807, 2.05) is 0 Å². The predicted molar refractivity (Wildman–Crippen MR) is 503 cm³/mol. The first-order valence-corrected chi connectivity index (χ1v) is 49.1. The van der Waals surface area contributed by atoms with Crippen LogP contribution in [0.5, 0.6) is 0 Å². The molecule has 1 N–H and O–H groups in total. The van der Waals surface area contributed by atoms with E-state index in [0.717, 1.165) is 16.4 Å². The molecule has 6 heterocycles. The van der Waals surface area contributed by atoms with Crippen LogP contribution in [0.1, 0.15) is 150 Å². The van der Waals surface area contributed by atoms with Crippen LogP contribution in [0.2, 0.25) is 44.3 Å². The summed E-state index contributed by atoms with van der Waals surface area (Å²) < 4.78 is 0. The lowest BCUT2D eigenvalue weighted by Crippen LogP contribution is -2.64. The summed E-state index contributed by atoms with van der Waals surface area (Å²) in [6.45, 7) is 38.6. The molecule has 0 bridgehead atoms. The van der Waals surface area contributed by atoms with Gasteiger partial charge >= 0.3 is 0 Å². The Bertz CT molecular complexity index is 5560. The minimum Gasteiger partial charge on any atom is -0.356 e. The van der Waals surface area contributed by atoms with Gasteiger partial charge in [-0.2, -0.15) is 0 Å². The molecule has 2 fully saturated rings. The third-order valence-electron chi connectivity index (χ3n) is 27.7. The first-order valence-electron chi connectivity index (χ1n) is 41.7. The monoisotopic (exact) mass is 1550 g/mol. The summed E-state index contributed by atoms with van der Waals surface area (Å²) in [4.78, 5) is 13.1. The molecule has 114 heavy (non-hydrogen) atoms. The first-order chi connectivity index (χ1) is 54.0. The Balaban J connectivity index is 0.000000138. The van der Waals surface area contributed by atoms with Crippen molar-refractivity contribution >= 4 is 170 Å². The van der Waals surface area contributed by atoms with Crippen molar-refractivity contribution < 1.29 is 0 Å². The number of fused-ring (bicyclic) bond motifs is 14. The molecule has 0 saturated heterocycles. The average molecular weight is 1550 g/mol. The van der Waals surface area contributed by atoms with E-state index < -0.39 is 16.1 Å². The van der Waals surface area contributed by atoms with Crippen molar-refractivity contribution in [3.63, 3.8) is 0 Å². The molecule has 0 spiro atoms. The third kappa shape index (κ3) is 12.3. The molecule has 12 aromatic rings. The minimum atomic E-state index is -1.49. The molecule has 20 rings (SSSR count). The fourth-order valence-corrected chi connectivity index (χ4v) is 23.7. The molecule has 576 valence electrons. The minimum absolute atomic E-state index is 0. The molecule has 4 atom stereocenters. The van der Waals surface area contributed by atoms with Gasteiger partial charge in [0.1, 0.15) is 0 Å². The highest BCUT2D eigenvalue weighted by Gasteiger charge is 2.63. The van der Waals surface area contributed by atoms with Gasteiger partial charge in [-0.15, -0.1) is 0 Å². The van der Waals surface area contributed by atoms with E-state index in [9.17, 15) is 0 Å². The number of halogens is 1. The Labute approximate surface area is 688 Å². The van der Waals surface area contributed by atoms with Gasteiger partial charge in [0, 0.05) is 95.5 Å². The fraction of sp³-hybridized carbons (Fsp3) is 0.301. The van der Waals surface area contributed by atoms with Gasteiger partial charge in [0.15, 0.2) is 0 Å². The lowest BCUT2D eigenvalue weighted by Gasteiger charge is -2.53. The fourth-order valence-electron chi connectivity index (χ4n) is 21.2. The molecule has 0 radical (unpaired) electrons. The van der Waals surface area contributed by atoms with Crippen molar-refractivity contribution in [3.8, 4) is 0 Å². The van der Waals surface area contributed by atoms with Gasteiger partial charge in [-0.25, -0.2) is 0 Å². The number of rotatable bonds is 9. The van der Waals surface area contributed by atoms with E-state index in [2.05, 4.69) is 405 Å². The zero-order valence-corrected chi connectivity index (χ0v) is 72.1. The molecule has 6 aliphatic heterocycles. The van der Waals surface area contributed by atoms with Crippen LogP contribution in [0.25, 0.3) is 0 Å². The van der Waals surface area contributed by atoms with E-state index in [1.165, 1.54) is 185 Å². The summed E-state index contributed by atoms with van der Waals surface area (Å²) in [6, 6.07) is 100. The maximum atomic E-state index is 6.98. The molecular formula is C103H113B2ClN6Si2. The van der Waals surface area contributed by atoms with Gasteiger partial charge < -0.3 is 29.8 Å². The Morgan fingerprint density at radius 3 is 1.12 bits per heavy atom. The van der Waals surface area contributed by atoms with E-state index in [4.69, 9.17) is 11.6 Å². The Kier molecular flexibility index (Phi) is 18.9. The average Bonchev–Trinajstić information content (AvgIpc) is 1.46. The van der Waals surface area contributed by atoms with Gasteiger partial charge in [-0.3, -0.25) is 0 Å². The van der Waals surface area contributed by atoms with Crippen molar-refractivity contribution in [1.29, 1.82) is 0 Å². The van der Waals surface area contributed by atoms with E-state index in [0.29, 0.717) is 0 Å². The topological polar surface area (TPSA) is 28.2 Å². The number of hydrogen-bond acceptors (Lipinski definition) is 6. The van der Waals surface area contributed by atoms with Crippen LogP contribution in [-0.4, -0.2) is 40.7 Å². The second kappa shape index (κ2) is 28.1. The lowest BCUT2D eigenvalue weighted by molar-refractivity contribution is 0.195. The molecule has 0 amide bonds. The molecule has 4 unspecified atom stereocenters. The maximum absolute atomic E-state index is 6.98. The van der Waals surface area contributed by atoms with E-state index >= 15 is 0 Å². The van der Waals surface area contributed by atoms with Crippen molar-refractivity contribution in [2.45, 2.75) is 200 Å². The number of benzene rings is 12. The molecule has 2 saturated carbocycles. The maximum Gasteiger partial charge on any atom is 0.252 e. The van der Waals surface area contributed by atoms with Gasteiger partial charge in [0.25, 0.3) is 13.4 Å². The van der Waals surface area contributed by atoms with Crippen LogP contribution >= 0.6 is 11.6 Å². The summed E-state index contributed by atoms with van der Waals surface area (Å²) in [6.07, 6.45) is 9.94. The summed E-state index contributed by atoms with van der Waals surface area (Å²) in [5.74, 6) is 0. The first kappa shape index (κ1) is 76.9. The van der Waals surface area contributed by atoms with Crippen LogP contribution in [0.15, 0.2) is 267 Å². The molecule has 6 nitrogen and oxygen atoms in total. The Hall–Kier alpha value is -9.71. The highest BCUT2D eigenvalue weighted by atomic mass is 35.5. The second-order valence-corrected chi connectivity index (χ2v) is 49.2. The number of nitrogens with zero attached hydrogens (tertiary/aromatic N) is 5. The summed E-state index contributed by atoms with van der Waals surface area (Å²) in [7, 11) is -2.99. The molecular weight excluding hydrogens is 1430 g/mol. The van der Waals surface area contributed by atoms with Crippen LogP contribution in [0.4, 0.5) is 85.3 Å². The van der Waals surface area contributed by atoms with Crippen molar-refractivity contribution in [2.24, 2.45) is 0 Å². The van der Waals surface area contributed by atoms with Crippen LogP contribution in [0.3, 0.4) is 0 Å². The van der Waals surface area contributed by atoms with E-state index in [1.54, 1.807) is 5.56 Å². The van der Waals surface area contributed by atoms with Crippen LogP contribution in [-0.2, 0) is 21.7 Å². The van der Waals surface area contributed by atoms with Crippen molar-refractivity contribution in [2.75, 3.05) is 29.8 Å². The van der Waals surface area contributed by atoms with Gasteiger partial charge in [0.05, 0.1) is 32.9 Å². The zero-order valence-electron chi connectivity index (χ0n) is 69.3. The van der Waals surface area contributed by atoms with Gasteiger partial charge in [0.2, 0.25) is 0 Å². The highest BCUT2D eigenvalue weighted by molar-refractivity contribution is 7.01. The largest absolute Gasteiger partial charge is 0.356 e. The molecule has 11 heteroatoms. The summed E-state index contributed by atoms with van der Waals surface area (Å²) in [5, 5.41) is 7.23. The van der Waals surface area contributed by atoms with Crippen LogP contribution in [0, 0.1) is 0 Å². The quantitative estimate of drug-likeness (QED) is 0.145. The molecule has 8 aliphatic rings. The predicted octanol–water partition coefficient (Wildman–Crippen LogP) is 24.0. The molecule has 12 aromatic carbocycles. The second-order valence-electron chi connectivity index (χ2n) is 38.6. The van der Waals surface area contributed by atoms with Crippen LogP contribution < -0.4 is 73.0 Å². The van der Waals surface area contributed by atoms with Gasteiger partial charge in [-0.05, 0) is 215 Å². The standard InChI is InChI=1S/C50H54BN3Si2.C32H28BClN2.C20H27N.CH4/c1-49-31-14-15-32-50(49,2)54-46-34-38(52(36-23-27-39(28-24-36)55(3,4)5)37-25-29-40(30-26-37)56(6,7)8)33-45-47(46)51(43-21-16-19-41(49)48(43)54)42-20-12-13-22-44(42)53(45)35-17-10-9-11-18-35;1-31-17-8-9-18-32(31,2)36-28-20-21(34)19-27-29(28)33(25-15-10-13-23(31)30(25)36)24-14-6-7-16-26(24)35(27)22-11-4-3-5-12-22;1-19(2,3)15-7-11-17(12-8-15)21-18-13-9-16(10-14-18)20(4,5)6;/h9-13,16-30,33-34H,14-15,31-32H2,1-8H3;3-7,10-16,19-20H,8-9,17-18H2,1-2H3;7-14,21H,1-6H3;1H4. The lowest BCUT2D eigenvalue weighted by atomic mass is 9.33. The molecule has 0 aromatic heterocycles. The highest BCUT2D eigenvalue weighted by Crippen LogP contribution is 2.64. The molecule has 2 aliphatic carbocycles.